The minimum absolute atomic E-state index is 0.0496. The molecule has 7 nitrogen and oxygen atoms in total. The molecule has 1 aromatic heterocycles. The summed E-state index contributed by atoms with van der Waals surface area (Å²) in [6.07, 6.45) is 5.26. The lowest BCUT2D eigenvalue weighted by atomic mass is 10.1. The Bertz CT molecular complexity index is 794. The summed E-state index contributed by atoms with van der Waals surface area (Å²) in [7, 11) is 0. The number of thiocarbonyl (C=S) groups is 1. The highest BCUT2D eigenvalue weighted by molar-refractivity contribution is 7.80. The first-order valence-electron chi connectivity index (χ1n) is 8.81. The van der Waals surface area contributed by atoms with Gasteiger partial charge < -0.3 is 15.1 Å². The smallest absolute Gasteiger partial charge is 0.271 e. The molecule has 0 radical (unpaired) electrons. The molecule has 1 unspecified atom stereocenters. The molecule has 1 fully saturated rings. The molecule has 0 aliphatic carbocycles. The monoisotopic (exact) mass is 408 g/mol. The van der Waals surface area contributed by atoms with E-state index in [-0.39, 0.29) is 11.7 Å². The van der Waals surface area contributed by atoms with E-state index in [2.05, 4.69) is 15.5 Å². The van der Waals surface area contributed by atoms with Crippen LogP contribution in [0.2, 0.25) is 5.02 Å². The molecule has 0 saturated carbocycles. The van der Waals surface area contributed by atoms with Gasteiger partial charge in [-0.1, -0.05) is 18.0 Å². The Morgan fingerprint density at radius 3 is 2.78 bits per heavy atom. The number of non-ortho nitro benzene ring substituents is 1. The van der Waals surface area contributed by atoms with E-state index in [0.717, 1.165) is 18.8 Å². The van der Waals surface area contributed by atoms with Crippen molar-refractivity contribution in [2.75, 3.05) is 25.0 Å². The van der Waals surface area contributed by atoms with E-state index < -0.39 is 4.92 Å². The fourth-order valence-corrected chi connectivity index (χ4v) is 3.56. The Labute approximate surface area is 167 Å². The van der Waals surface area contributed by atoms with E-state index in [1.54, 1.807) is 6.26 Å². The minimum atomic E-state index is -0.471. The summed E-state index contributed by atoms with van der Waals surface area (Å²) in [6, 6.07) is 8.11. The fraction of sp³-hybridized carbons (Fsp3) is 0.389. The van der Waals surface area contributed by atoms with Crippen LogP contribution in [0.4, 0.5) is 11.4 Å². The maximum Gasteiger partial charge on any atom is 0.271 e. The second kappa shape index (κ2) is 9.16. The Morgan fingerprint density at radius 2 is 2.11 bits per heavy atom. The maximum atomic E-state index is 10.9. The van der Waals surface area contributed by atoms with Crippen LogP contribution in [0.25, 0.3) is 0 Å². The number of nitrogens with one attached hydrogen (secondary N) is 2. The van der Waals surface area contributed by atoms with Crippen molar-refractivity contribution in [1.29, 1.82) is 0 Å². The summed E-state index contributed by atoms with van der Waals surface area (Å²) in [6.45, 7) is 2.60. The number of rotatable bonds is 6. The Hall–Kier alpha value is -2.16. The largest absolute Gasteiger partial charge is 0.468 e. The maximum absolute atomic E-state index is 10.9. The molecular formula is C18H21ClN4O3S. The Balaban J connectivity index is 1.64. The van der Waals surface area contributed by atoms with Gasteiger partial charge in [0.2, 0.25) is 0 Å². The van der Waals surface area contributed by atoms with Crippen LogP contribution in [0.3, 0.4) is 0 Å². The van der Waals surface area contributed by atoms with Crippen molar-refractivity contribution in [3.05, 3.63) is 57.5 Å². The lowest BCUT2D eigenvalue weighted by Crippen LogP contribution is -2.41. The molecule has 144 valence electrons. The zero-order valence-corrected chi connectivity index (χ0v) is 16.3. The van der Waals surface area contributed by atoms with E-state index in [1.807, 2.05) is 12.1 Å². The lowest BCUT2D eigenvalue weighted by Gasteiger charge is -2.33. The second-order valence-electron chi connectivity index (χ2n) is 6.38. The third-order valence-electron chi connectivity index (χ3n) is 4.57. The van der Waals surface area contributed by atoms with Gasteiger partial charge in [0.25, 0.3) is 5.69 Å². The Kier molecular flexibility index (Phi) is 6.65. The molecule has 2 N–H and O–H groups in total. The molecule has 2 heterocycles. The van der Waals surface area contributed by atoms with E-state index in [9.17, 15) is 10.1 Å². The average Bonchev–Trinajstić information content (AvgIpc) is 3.19. The molecule has 1 aliphatic heterocycles. The molecular weight excluding hydrogens is 388 g/mol. The van der Waals surface area contributed by atoms with Gasteiger partial charge in [-0.3, -0.25) is 15.0 Å². The number of likely N-dealkylation sites (tertiary alicyclic amines) is 1. The molecule has 1 atom stereocenters. The summed E-state index contributed by atoms with van der Waals surface area (Å²) in [5.74, 6) is 0.889. The first-order chi connectivity index (χ1) is 13.0. The topological polar surface area (TPSA) is 83.6 Å². The molecule has 0 bridgehead atoms. The predicted molar refractivity (Wildman–Crippen MR) is 109 cm³/mol. The van der Waals surface area contributed by atoms with Gasteiger partial charge in [-0.05, 0) is 56.3 Å². The van der Waals surface area contributed by atoms with Gasteiger partial charge in [-0.15, -0.1) is 0 Å². The summed E-state index contributed by atoms with van der Waals surface area (Å²) in [5, 5.41) is 17.8. The number of nitro benzene ring substituents is 1. The summed E-state index contributed by atoms with van der Waals surface area (Å²) in [5.41, 5.74) is 0.349. The zero-order chi connectivity index (χ0) is 19.2. The van der Waals surface area contributed by atoms with E-state index in [1.165, 1.54) is 37.5 Å². The van der Waals surface area contributed by atoms with Crippen LogP contribution in [0.1, 0.15) is 31.1 Å². The van der Waals surface area contributed by atoms with Gasteiger partial charge in [0.15, 0.2) is 5.11 Å². The van der Waals surface area contributed by atoms with Crippen LogP contribution >= 0.6 is 23.8 Å². The van der Waals surface area contributed by atoms with Crippen molar-refractivity contribution in [3.63, 3.8) is 0 Å². The molecule has 2 aromatic rings. The number of hydrogen-bond donors (Lipinski definition) is 2. The molecule has 1 aromatic carbocycles. The van der Waals surface area contributed by atoms with E-state index >= 15 is 0 Å². The molecule has 27 heavy (non-hydrogen) atoms. The molecule has 1 saturated heterocycles. The molecule has 0 amide bonds. The fourth-order valence-electron chi connectivity index (χ4n) is 3.20. The van der Waals surface area contributed by atoms with Crippen LogP contribution < -0.4 is 10.6 Å². The summed E-state index contributed by atoms with van der Waals surface area (Å²) < 4.78 is 5.62. The van der Waals surface area contributed by atoms with Crippen molar-refractivity contribution >= 4 is 40.3 Å². The minimum Gasteiger partial charge on any atom is -0.468 e. The number of piperidine rings is 1. The van der Waals surface area contributed by atoms with Crippen LogP contribution in [0, 0.1) is 10.1 Å². The number of nitrogens with zero attached hydrogens (tertiary/aromatic N) is 2. The SMILES string of the molecule is O=[N+]([O-])c1ccc(Cl)c(NC(=S)NCC(c2ccco2)N2CCCCC2)c1. The van der Waals surface area contributed by atoms with Gasteiger partial charge in [0.1, 0.15) is 5.76 Å². The van der Waals surface area contributed by atoms with E-state index in [0.29, 0.717) is 22.4 Å². The normalized spacial score (nSPS) is 15.9. The van der Waals surface area contributed by atoms with Gasteiger partial charge in [0, 0.05) is 18.7 Å². The summed E-state index contributed by atoms with van der Waals surface area (Å²) in [4.78, 5) is 12.9. The second-order valence-corrected chi connectivity index (χ2v) is 7.20. The number of nitro groups is 1. The van der Waals surface area contributed by atoms with Crippen LogP contribution in [-0.2, 0) is 0 Å². The quantitative estimate of drug-likeness (QED) is 0.417. The number of halogens is 1. The highest BCUT2D eigenvalue weighted by Crippen LogP contribution is 2.27. The van der Waals surface area contributed by atoms with Crippen LogP contribution in [0.15, 0.2) is 41.0 Å². The molecule has 3 rings (SSSR count). The Morgan fingerprint density at radius 1 is 1.33 bits per heavy atom. The van der Waals surface area contributed by atoms with Crippen molar-refractivity contribution < 1.29 is 9.34 Å². The van der Waals surface area contributed by atoms with Gasteiger partial charge in [-0.25, -0.2) is 0 Å². The number of anilines is 1. The molecule has 0 spiro atoms. The van der Waals surface area contributed by atoms with Gasteiger partial charge in [0.05, 0.1) is 27.9 Å². The van der Waals surface area contributed by atoms with Crippen molar-refractivity contribution in [2.45, 2.75) is 25.3 Å². The van der Waals surface area contributed by atoms with Crippen molar-refractivity contribution in [1.82, 2.24) is 10.2 Å². The average molecular weight is 409 g/mol. The van der Waals surface area contributed by atoms with Crippen molar-refractivity contribution in [3.8, 4) is 0 Å². The molecule has 9 heteroatoms. The first-order valence-corrected chi connectivity index (χ1v) is 9.59. The first kappa shape index (κ1) is 19.6. The van der Waals surface area contributed by atoms with Gasteiger partial charge in [-0.2, -0.15) is 0 Å². The van der Waals surface area contributed by atoms with Crippen molar-refractivity contribution in [2.24, 2.45) is 0 Å². The third kappa shape index (κ3) is 5.18. The van der Waals surface area contributed by atoms with E-state index in [4.69, 9.17) is 28.2 Å². The standard InChI is InChI=1S/C18H21ClN4O3S/c19-14-7-6-13(23(24)25)11-15(14)21-18(27)20-12-16(17-5-4-10-26-17)22-8-2-1-3-9-22/h4-7,10-11,16H,1-3,8-9,12H2,(H2,20,21,27). The third-order valence-corrected chi connectivity index (χ3v) is 5.14. The molecule has 1 aliphatic rings. The lowest BCUT2D eigenvalue weighted by molar-refractivity contribution is -0.384. The zero-order valence-electron chi connectivity index (χ0n) is 14.7. The van der Waals surface area contributed by atoms with Crippen LogP contribution in [-0.4, -0.2) is 34.6 Å². The number of benzene rings is 1. The van der Waals surface area contributed by atoms with Crippen LogP contribution in [0.5, 0.6) is 0 Å². The highest BCUT2D eigenvalue weighted by Gasteiger charge is 2.24. The predicted octanol–water partition coefficient (Wildman–Crippen LogP) is 4.35. The highest BCUT2D eigenvalue weighted by atomic mass is 35.5. The number of hydrogen-bond acceptors (Lipinski definition) is 5. The number of furan rings is 1. The summed E-state index contributed by atoms with van der Waals surface area (Å²) >= 11 is 11.5. The van der Waals surface area contributed by atoms with Gasteiger partial charge >= 0.3 is 0 Å².